The first kappa shape index (κ1) is 10.5. The van der Waals surface area contributed by atoms with Gasteiger partial charge in [0.2, 0.25) is 0 Å². The Hall–Kier alpha value is -0.0400. The van der Waals surface area contributed by atoms with Crippen LogP contribution in [0.25, 0.3) is 0 Å². The highest BCUT2D eigenvalue weighted by atomic mass is 15.0. The fourth-order valence-electron chi connectivity index (χ4n) is 3.77. The van der Waals surface area contributed by atoms with E-state index < -0.39 is 0 Å². The van der Waals surface area contributed by atoms with Gasteiger partial charge in [0.15, 0.2) is 0 Å². The first-order valence-electron chi connectivity index (χ1n) is 6.50. The van der Waals surface area contributed by atoms with E-state index in [9.17, 15) is 0 Å². The Balaban J connectivity index is 2.14. The minimum atomic E-state index is 0.546. The average Bonchev–Trinajstić information content (AvgIpc) is 2.48. The van der Waals surface area contributed by atoms with Crippen molar-refractivity contribution in [3.05, 3.63) is 0 Å². The Morgan fingerprint density at radius 3 is 2.50 bits per heavy atom. The summed E-state index contributed by atoms with van der Waals surface area (Å²) in [6, 6.07) is 0. The molecule has 0 bridgehead atoms. The van der Waals surface area contributed by atoms with Crippen LogP contribution in [0.2, 0.25) is 0 Å². The van der Waals surface area contributed by atoms with Crippen LogP contribution in [0, 0.1) is 11.8 Å². The van der Waals surface area contributed by atoms with Crippen LogP contribution in [0.15, 0.2) is 0 Å². The van der Waals surface area contributed by atoms with Gasteiger partial charge in [0.1, 0.15) is 0 Å². The summed E-state index contributed by atoms with van der Waals surface area (Å²) in [7, 11) is 0. The van der Waals surface area contributed by atoms with Crippen molar-refractivity contribution in [2.45, 2.75) is 64.3 Å². The Morgan fingerprint density at radius 1 is 1.07 bits per heavy atom. The van der Waals surface area contributed by atoms with Crippen molar-refractivity contribution in [3.63, 3.8) is 0 Å². The van der Waals surface area contributed by atoms with E-state index in [-0.39, 0.29) is 0 Å². The molecule has 14 heavy (non-hydrogen) atoms. The van der Waals surface area contributed by atoms with Crippen molar-refractivity contribution in [1.29, 1.82) is 0 Å². The first-order chi connectivity index (χ1) is 6.75. The highest BCUT2D eigenvalue weighted by Crippen LogP contribution is 2.42. The summed E-state index contributed by atoms with van der Waals surface area (Å²) in [6.45, 7) is 6.10. The molecule has 1 spiro atoms. The molecule has 1 saturated carbocycles. The topological polar surface area (TPSA) is 12.0 Å². The summed E-state index contributed by atoms with van der Waals surface area (Å²) in [5.74, 6) is 1.80. The molecule has 82 valence electrons. The van der Waals surface area contributed by atoms with Crippen LogP contribution in [-0.2, 0) is 0 Å². The molecule has 1 aliphatic heterocycles. The van der Waals surface area contributed by atoms with Gasteiger partial charge in [-0.3, -0.25) is 0 Å². The fourth-order valence-corrected chi connectivity index (χ4v) is 3.77. The van der Waals surface area contributed by atoms with E-state index in [1.54, 1.807) is 0 Å². The molecule has 0 aromatic carbocycles. The third kappa shape index (κ3) is 1.84. The summed E-state index contributed by atoms with van der Waals surface area (Å²) in [5, 5.41) is 3.84. The number of nitrogens with one attached hydrogen (secondary N) is 1. The standard InChI is InChI=1S/C13H25N/c1-11(2)12-7-4-3-5-8-13(12)9-6-10-14-13/h11-12,14H,3-10H2,1-2H3. The molecule has 1 heterocycles. The molecule has 1 N–H and O–H groups in total. The van der Waals surface area contributed by atoms with Crippen molar-refractivity contribution in [2.24, 2.45) is 11.8 Å². The second-order valence-corrected chi connectivity index (χ2v) is 5.64. The van der Waals surface area contributed by atoms with Gasteiger partial charge in [0.25, 0.3) is 0 Å². The van der Waals surface area contributed by atoms with Gasteiger partial charge >= 0.3 is 0 Å². The van der Waals surface area contributed by atoms with Crippen molar-refractivity contribution in [3.8, 4) is 0 Å². The van der Waals surface area contributed by atoms with Crippen molar-refractivity contribution >= 4 is 0 Å². The monoisotopic (exact) mass is 195 g/mol. The van der Waals surface area contributed by atoms with Gasteiger partial charge in [0.05, 0.1) is 0 Å². The summed E-state index contributed by atoms with van der Waals surface area (Å²) < 4.78 is 0. The lowest BCUT2D eigenvalue weighted by molar-refractivity contribution is 0.169. The zero-order valence-corrected chi connectivity index (χ0v) is 9.81. The summed E-state index contributed by atoms with van der Waals surface area (Å²) in [5.41, 5.74) is 0.546. The van der Waals surface area contributed by atoms with E-state index >= 15 is 0 Å². The third-order valence-corrected chi connectivity index (χ3v) is 4.43. The summed E-state index contributed by atoms with van der Waals surface area (Å²) >= 11 is 0. The fraction of sp³-hybridized carbons (Fsp3) is 1.00. The molecular weight excluding hydrogens is 170 g/mol. The van der Waals surface area contributed by atoms with Gasteiger partial charge in [0, 0.05) is 5.54 Å². The molecule has 0 aromatic rings. The predicted octanol–water partition coefficient (Wildman–Crippen LogP) is 3.34. The number of hydrogen-bond donors (Lipinski definition) is 1. The minimum absolute atomic E-state index is 0.546. The van der Waals surface area contributed by atoms with Gasteiger partial charge in [-0.05, 0) is 44.1 Å². The lowest BCUT2D eigenvalue weighted by Crippen LogP contribution is -2.48. The second-order valence-electron chi connectivity index (χ2n) is 5.64. The highest BCUT2D eigenvalue weighted by molar-refractivity contribution is 5.00. The van der Waals surface area contributed by atoms with E-state index in [4.69, 9.17) is 0 Å². The van der Waals surface area contributed by atoms with Crippen LogP contribution in [0.5, 0.6) is 0 Å². The average molecular weight is 195 g/mol. The quantitative estimate of drug-likeness (QED) is 0.676. The Kier molecular flexibility index (Phi) is 3.16. The maximum Gasteiger partial charge on any atom is 0.0212 e. The number of rotatable bonds is 1. The van der Waals surface area contributed by atoms with Crippen LogP contribution >= 0.6 is 0 Å². The molecule has 2 rings (SSSR count). The van der Waals surface area contributed by atoms with Crippen LogP contribution < -0.4 is 5.32 Å². The van der Waals surface area contributed by atoms with Gasteiger partial charge in [-0.1, -0.05) is 33.1 Å². The molecule has 1 aliphatic carbocycles. The lowest BCUT2D eigenvalue weighted by atomic mass is 9.73. The molecule has 2 aliphatic rings. The Morgan fingerprint density at radius 2 is 1.86 bits per heavy atom. The summed E-state index contributed by atoms with van der Waals surface area (Å²) in [6.07, 6.45) is 10.1. The van der Waals surface area contributed by atoms with E-state index in [0.717, 1.165) is 11.8 Å². The van der Waals surface area contributed by atoms with Crippen LogP contribution in [-0.4, -0.2) is 12.1 Å². The molecule has 2 unspecified atom stereocenters. The van der Waals surface area contributed by atoms with Crippen molar-refractivity contribution in [2.75, 3.05) is 6.54 Å². The first-order valence-corrected chi connectivity index (χ1v) is 6.50. The van der Waals surface area contributed by atoms with Crippen LogP contribution in [0.1, 0.15) is 58.8 Å². The molecule has 0 aromatic heterocycles. The second kappa shape index (κ2) is 4.22. The summed E-state index contributed by atoms with van der Waals surface area (Å²) in [4.78, 5) is 0. The van der Waals surface area contributed by atoms with Crippen LogP contribution in [0.4, 0.5) is 0 Å². The maximum absolute atomic E-state index is 3.84. The van der Waals surface area contributed by atoms with Gasteiger partial charge in [-0.15, -0.1) is 0 Å². The number of hydrogen-bond acceptors (Lipinski definition) is 1. The Bertz CT molecular complexity index is 180. The van der Waals surface area contributed by atoms with E-state index in [0.29, 0.717) is 5.54 Å². The SMILES string of the molecule is CC(C)C1CCCCCC12CCCN2. The maximum atomic E-state index is 3.84. The molecule has 2 fully saturated rings. The largest absolute Gasteiger partial charge is 0.311 e. The van der Waals surface area contributed by atoms with E-state index in [1.165, 1.54) is 51.5 Å². The van der Waals surface area contributed by atoms with Crippen LogP contribution in [0.3, 0.4) is 0 Å². The normalized spacial score (nSPS) is 39.2. The van der Waals surface area contributed by atoms with Crippen molar-refractivity contribution in [1.82, 2.24) is 5.32 Å². The molecule has 0 radical (unpaired) electrons. The molecule has 1 heteroatoms. The van der Waals surface area contributed by atoms with Crippen molar-refractivity contribution < 1.29 is 0 Å². The minimum Gasteiger partial charge on any atom is -0.311 e. The van der Waals surface area contributed by atoms with Gasteiger partial charge in [-0.2, -0.15) is 0 Å². The van der Waals surface area contributed by atoms with E-state index in [1.807, 2.05) is 0 Å². The molecule has 0 amide bonds. The molecule has 1 saturated heterocycles. The van der Waals surface area contributed by atoms with E-state index in [2.05, 4.69) is 19.2 Å². The van der Waals surface area contributed by atoms with Gasteiger partial charge < -0.3 is 5.32 Å². The zero-order valence-electron chi connectivity index (χ0n) is 9.81. The molecule has 2 atom stereocenters. The smallest absolute Gasteiger partial charge is 0.0212 e. The lowest BCUT2D eigenvalue weighted by Gasteiger charge is -2.39. The molecular formula is C13H25N. The highest BCUT2D eigenvalue weighted by Gasteiger charge is 2.42. The van der Waals surface area contributed by atoms with Gasteiger partial charge in [-0.25, -0.2) is 0 Å². The zero-order chi connectivity index (χ0) is 10.0. The third-order valence-electron chi connectivity index (χ3n) is 4.43. The Labute approximate surface area is 88.7 Å². The molecule has 1 nitrogen and oxygen atoms in total. The predicted molar refractivity (Wildman–Crippen MR) is 61.4 cm³/mol.